The molecular weight excluding hydrogens is 379 g/mol. The zero-order valence-corrected chi connectivity index (χ0v) is 16.6. The molecule has 1 amide bonds. The van der Waals surface area contributed by atoms with Crippen molar-refractivity contribution in [2.75, 3.05) is 23.7 Å². The van der Waals surface area contributed by atoms with E-state index in [1.807, 2.05) is 29.3 Å². The van der Waals surface area contributed by atoms with E-state index in [4.69, 9.17) is 5.73 Å². The van der Waals surface area contributed by atoms with Crippen molar-refractivity contribution in [3.05, 3.63) is 77.2 Å². The number of hydrogen-bond acceptors (Lipinski definition) is 4. The van der Waals surface area contributed by atoms with E-state index in [-0.39, 0.29) is 18.1 Å². The summed E-state index contributed by atoms with van der Waals surface area (Å²) < 4.78 is 13.2. The Labute approximate surface area is 174 Å². The van der Waals surface area contributed by atoms with Crippen LogP contribution in [0, 0.1) is 5.82 Å². The molecule has 1 aromatic heterocycles. The van der Waals surface area contributed by atoms with Crippen LogP contribution in [-0.2, 0) is 24.3 Å². The summed E-state index contributed by atoms with van der Waals surface area (Å²) in [6.07, 6.45) is 3.35. The average molecular weight is 402 g/mol. The van der Waals surface area contributed by atoms with Gasteiger partial charge in [0.05, 0.1) is 6.42 Å². The molecule has 5 rings (SSSR count). The molecule has 30 heavy (non-hydrogen) atoms. The highest BCUT2D eigenvalue weighted by atomic mass is 19.1. The van der Waals surface area contributed by atoms with E-state index >= 15 is 0 Å². The van der Waals surface area contributed by atoms with Gasteiger partial charge in [0.15, 0.2) is 0 Å². The van der Waals surface area contributed by atoms with Crippen molar-refractivity contribution in [3.8, 4) is 11.1 Å². The molecule has 3 heterocycles. The standard InChI is InChI=1S/C24H23FN4O/c25-21-5-2-16(3-6-21)17-4-7-22(26)18(10-17)12-24(30)29-14-19-11-23(28-8-1-9-28)27-13-20(19)15-29/h2-7,10-11,13H,1,8-9,12,14-15,26H2. The SMILES string of the molecule is Nc1ccc(-c2ccc(F)cc2)cc1CC(=O)N1Cc2cnc(N3CCC3)cc2C1. The van der Waals surface area contributed by atoms with Gasteiger partial charge in [-0.1, -0.05) is 18.2 Å². The maximum atomic E-state index is 13.2. The van der Waals surface area contributed by atoms with Crippen LogP contribution < -0.4 is 10.6 Å². The van der Waals surface area contributed by atoms with Crippen LogP contribution in [-0.4, -0.2) is 28.9 Å². The molecule has 2 N–H and O–H groups in total. The third kappa shape index (κ3) is 3.49. The number of rotatable bonds is 4. The van der Waals surface area contributed by atoms with Crippen LogP contribution in [0.4, 0.5) is 15.9 Å². The fraction of sp³-hybridized carbons (Fsp3) is 0.250. The van der Waals surface area contributed by atoms with Crippen LogP contribution >= 0.6 is 0 Å². The summed E-state index contributed by atoms with van der Waals surface area (Å²) in [4.78, 5) is 21.7. The highest BCUT2D eigenvalue weighted by molar-refractivity contribution is 5.82. The lowest BCUT2D eigenvalue weighted by Crippen LogP contribution is -2.37. The van der Waals surface area contributed by atoms with Crippen molar-refractivity contribution in [2.24, 2.45) is 0 Å². The predicted molar refractivity (Wildman–Crippen MR) is 115 cm³/mol. The van der Waals surface area contributed by atoms with Crippen LogP contribution in [0.3, 0.4) is 0 Å². The van der Waals surface area contributed by atoms with E-state index < -0.39 is 0 Å². The first-order chi connectivity index (χ1) is 14.6. The maximum absolute atomic E-state index is 13.2. The number of aromatic nitrogens is 1. The van der Waals surface area contributed by atoms with Crippen LogP contribution in [0.5, 0.6) is 0 Å². The molecule has 3 aromatic rings. The summed E-state index contributed by atoms with van der Waals surface area (Å²) in [7, 11) is 0. The molecule has 152 valence electrons. The molecule has 5 nitrogen and oxygen atoms in total. The Bertz CT molecular complexity index is 1110. The van der Waals surface area contributed by atoms with Crippen LogP contribution in [0.25, 0.3) is 11.1 Å². The van der Waals surface area contributed by atoms with Crippen molar-refractivity contribution in [1.29, 1.82) is 0 Å². The lowest BCUT2D eigenvalue weighted by molar-refractivity contribution is -0.131. The number of anilines is 2. The Kier molecular flexibility index (Phi) is 4.62. The third-order valence-corrected chi connectivity index (χ3v) is 5.99. The summed E-state index contributed by atoms with van der Waals surface area (Å²) in [6.45, 7) is 3.30. The molecule has 0 radical (unpaired) electrons. The van der Waals surface area contributed by atoms with E-state index in [0.717, 1.165) is 41.2 Å². The summed E-state index contributed by atoms with van der Waals surface area (Å²) in [5.74, 6) is 0.773. The summed E-state index contributed by atoms with van der Waals surface area (Å²) in [6, 6.07) is 14.1. The fourth-order valence-corrected chi connectivity index (χ4v) is 4.02. The van der Waals surface area contributed by atoms with Gasteiger partial charge in [-0.05, 0) is 64.6 Å². The van der Waals surface area contributed by atoms with Gasteiger partial charge in [0.2, 0.25) is 5.91 Å². The maximum Gasteiger partial charge on any atom is 0.227 e. The van der Waals surface area contributed by atoms with E-state index in [2.05, 4.69) is 16.0 Å². The quantitative estimate of drug-likeness (QED) is 0.675. The normalized spacial score (nSPS) is 15.1. The number of carbonyl (C=O) groups excluding carboxylic acids is 1. The molecule has 0 atom stereocenters. The molecule has 2 aliphatic heterocycles. The minimum Gasteiger partial charge on any atom is -0.398 e. The number of nitrogens with zero attached hydrogens (tertiary/aromatic N) is 3. The number of amides is 1. The number of benzene rings is 2. The van der Waals surface area contributed by atoms with Crippen LogP contribution in [0.1, 0.15) is 23.1 Å². The highest BCUT2D eigenvalue weighted by Crippen LogP contribution is 2.29. The topological polar surface area (TPSA) is 62.5 Å². The lowest BCUT2D eigenvalue weighted by atomic mass is 10.00. The smallest absolute Gasteiger partial charge is 0.227 e. The first-order valence-corrected chi connectivity index (χ1v) is 10.2. The van der Waals surface area contributed by atoms with Gasteiger partial charge < -0.3 is 15.5 Å². The largest absolute Gasteiger partial charge is 0.398 e. The van der Waals surface area contributed by atoms with Gasteiger partial charge in [0.1, 0.15) is 11.6 Å². The van der Waals surface area contributed by atoms with Gasteiger partial charge in [-0.2, -0.15) is 0 Å². The predicted octanol–water partition coefficient (Wildman–Crippen LogP) is 3.76. The molecule has 0 saturated carbocycles. The molecule has 0 bridgehead atoms. The van der Waals surface area contributed by atoms with Crippen LogP contribution in [0.15, 0.2) is 54.7 Å². The molecule has 0 unspecified atom stereocenters. The second kappa shape index (κ2) is 7.44. The number of halogens is 1. The second-order valence-electron chi connectivity index (χ2n) is 8.00. The summed E-state index contributed by atoms with van der Waals surface area (Å²) in [5, 5.41) is 0. The number of fused-ring (bicyclic) bond motifs is 1. The zero-order valence-electron chi connectivity index (χ0n) is 16.6. The van der Waals surface area contributed by atoms with Gasteiger partial charge >= 0.3 is 0 Å². The summed E-state index contributed by atoms with van der Waals surface area (Å²) in [5.41, 5.74) is 11.6. The van der Waals surface area contributed by atoms with Gasteiger partial charge in [-0.3, -0.25) is 4.79 Å². The minimum atomic E-state index is -0.273. The Balaban J connectivity index is 1.31. The van der Waals surface area contributed by atoms with E-state index in [0.29, 0.717) is 18.8 Å². The van der Waals surface area contributed by atoms with Gasteiger partial charge in [0, 0.05) is 38.1 Å². The molecule has 2 aliphatic rings. The highest BCUT2D eigenvalue weighted by Gasteiger charge is 2.26. The number of nitrogens with two attached hydrogens (primary N) is 1. The average Bonchev–Trinajstić information content (AvgIpc) is 3.13. The van der Waals surface area contributed by atoms with Crippen LogP contribution in [0.2, 0.25) is 0 Å². The molecule has 0 aliphatic carbocycles. The summed E-state index contributed by atoms with van der Waals surface area (Å²) >= 11 is 0. The molecule has 1 fully saturated rings. The number of carbonyl (C=O) groups is 1. The monoisotopic (exact) mass is 402 g/mol. The first kappa shape index (κ1) is 18.6. The number of nitrogen functional groups attached to an aromatic ring is 1. The van der Waals surface area contributed by atoms with E-state index in [9.17, 15) is 9.18 Å². The van der Waals surface area contributed by atoms with Crippen molar-refractivity contribution >= 4 is 17.4 Å². The number of pyridine rings is 1. The van der Waals surface area contributed by atoms with Crippen molar-refractivity contribution in [1.82, 2.24) is 9.88 Å². The minimum absolute atomic E-state index is 0.0413. The molecule has 1 saturated heterocycles. The Hall–Kier alpha value is -3.41. The van der Waals surface area contributed by atoms with E-state index in [1.165, 1.54) is 24.1 Å². The van der Waals surface area contributed by atoms with Gasteiger partial charge in [-0.25, -0.2) is 9.37 Å². The van der Waals surface area contributed by atoms with Crippen molar-refractivity contribution in [2.45, 2.75) is 25.9 Å². The van der Waals surface area contributed by atoms with Gasteiger partial charge in [0.25, 0.3) is 0 Å². The third-order valence-electron chi connectivity index (χ3n) is 5.99. The number of hydrogen-bond donors (Lipinski definition) is 1. The Morgan fingerprint density at radius 1 is 1.00 bits per heavy atom. The van der Waals surface area contributed by atoms with Crippen molar-refractivity contribution < 1.29 is 9.18 Å². The second-order valence-corrected chi connectivity index (χ2v) is 8.00. The zero-order chi connectivity index (χ0) is 20.7. The fourth-order valence-electron chi connectivity index (χ4n) is 4.02. The van der Waals surface area contributed by atoms with Crippen molar-refractivity contribution in [3.63, 3.8) is 0 Å². The Morgan fingerprint density at radius 2 is 1.73 bits per heavy atom. The lowest BCUT2D eigenvalue weighted by Gasteiger charge is -2.32. The molecule has 2 aromatic carbocycles. The Morgan fingerprint density at radius 3 is 2.47 bits per heavy atom. The van der Waals surface area contributed by atoms with E-state index in [1.54, 1.807) is 12.1 Å². The van der Waals surface area contributed by atoms with Gasteiger partial charge in [-0.15, -0.1) is 0 Å². The molecular formula is C24H23FN4O. The first-order valence-electron chi connectivity index (χ1n) is 10.2. The molecule has 0 spiro atoms. The molecule has 6 heteroatoms.